The van der Waals surface area contributed by atoms with E-state index < -0.39 is 4.92 Å². The molecule has 3 rings (SSSR count). The van der Waals surface area contributed by atoms with Gasteiger partial charge in [-0.05, 0) is 37.0 Å². The topological polar surface area (TPSA) is 88.7 Å². The van der Waals surface area contributed by atoms with E-state index in [0.29, 0.717) is 13.1 Å². The summed E-state index contributed by atoms with van der Waals surface area (Å²) < 4.78 is 1.98. The van der Waals surface area contributed by atoms with Crippen molar-refractivity contribution in [2.45, 2.75) is 39.3 Å². The number of hydrogen-bond donors (Lipinski definition) is 0. The molecule has 0 radical (unpaired) electrons. The van der Waals surface area contributed by atoms with Crippen LogP contribution in [0.2, 0.25) is 0 Å². The van der Waals surface area contributed by atoms with Gasteiger partial charge >= 0.3 is 0 Å². The molecule has 1 aliphatic carbocycles. The van der Waals surface area contributed by atoms with Gasteiger partial charge in [0.2, 0.25) is 5.91 Å². The highest BCUT2D eigenvalue weighted by Gasteiger charge is 2.35. The van der Waals surface area contributed by atoms with Crippen molar-refractivity contribution in [3.63, 3.8) is 0 Å². The number of nitro groups is 1. The van der Waals surface area contributed by atoms with Crippen LogP contribution in [0, 0.1) is 16.0 Å². The fourth-order valence-corrected chi connectivity index (χ4v) is 3.47. The number of aryl methyl sites for hydroxylation is 1. The van der Waals surface area contributed by atoms with Crippen LogP contribution >= 0.6 is 0 Å². The van der Waals surface area contributed by atoms with E-state index >= 15 is 0 Å². The third-order valence-corrected chi connectivity index (χ3v) is 5.20. The Morgan fingerprint density at radius 3 is 2.53 bits per heavy atom. The molecule has 0 unspecified atom stereocenters. The summed E-state index contributed by atoms with van der Waals surface area (Å²) in [5.74, 6) is -0.162. The van der Waals surface area contributed by atoms with E-state index in [9.17, 15) is 19.7 Å². The van der Waals surface area contributed by atoms with Gasteiger partial charge in [0.25, 0.3) is 11.6 Å². The van der Waals surface area contributed by atoms with Crippen molar-refractivity contribution in [2.75, 3.05) is 13.1 Å². The predicted octanol–water partition coefficient (Wildman–Crippen LogP) is 3.22. The van der Waals surface area contributed by atoms with Crippen LogP contribution in [0.1, 0.15) is 42.7 Å². The average molecular weight is 412 g/mol. The van der Waals surface area contributed by atoms with Crippen LogP contribution in [0.4, 0.5) is 5.69 Å². The monoisotopic (exact) mass is 412 g/mol. The molecule has 1 aliphatic rings. The summed E-state index contributed by atoms with van der Waals surface area (Å²) in [7, 11) is 1.94. The van der Waals surface area contributed by atoms with E-state index in [1.807, 2.05) is 29.9 Å². The minimum Gasteiger partial charge on any atom is -0.353 e. The number of carbonyl (C=O) groups excluding carboxylic acids is 2. The van der Waals surface area contributed by atoms with Gasteiger partial charge in [0.15, 0.2) is 0 Å². The molecule has 0 spiro atoms. The fourth-order valence-electron chi connectivity index (χ4n) is 3.47. The van der Waals surface area contributed by atoms with E-state index in [1.165, 1.54) is 18.2 Å². The number of aromatic nitrogens is 1. The van der Waals surface area contributed by atoms with Crippen molar-refractivity contribution in [1.82, 2.24) is 14.4 Å². The number of rotatable bonds is 9. The zero-order valence-corrected chi connectivity index (χ0v) is 17.7. The SMILES string of the molecule is CC(C)CN(Cc1cccn1C)C(=O)CN(C(=O)c1cccc([N+](=O)[O-])c1)C1CC1. The molecule has 2 aromatic rings. The lowest BCUT2D eigenvalue weighted by Crippen LogP contribution is -2.45. The lowest BCUT2D eigenvalue weighted by Gasteiger charge is -2.29. The number of amides is 2. The lowest BCUT2D eigenvalue weighted by atomic mass is 10.1. The summed E-state index contributed by atoms with van der Waals surface area (Å²) >= 11 is 0. The minimum atomic E-state index is -0.520. The number of nitro benzene ring substituents is 1. The van der Waals surface area contributed by atoms with E-state index in [0.717, 1.165) is 18.5 Å². The van der Waals surface area contributed by atoms with Crippen LogP contribution in [0.3, 0.4) is 0 Å². The van der Waals surface area contributed by atoms with Gasteiger partial charge < -0.3 is 14.4 Å². The first-order valence-corrected chi connectivity index (χ1v) is 10.2. The summed E-state index contributed by atoms with van der Waals surface area (Å²) in [6.07, 6.45) is 3.63. The third kappa shape index (κ3) is 5.25. The van der Waals surface area contributed by atoms with Crippen LogP contribution in [-0.2, 0) is 18.4 Å². The van der Waals surface area contributed by atoms with Gasteiger partial charge in [0, 0.05) is 49.2 Å². The molecule has 1 heterocycles. The summed E-state index contributed by atoms with van der Waals surface area (Å²) in [6.45, 7) is 5.15. The number of hydrogen-bond acceptors (Lipinski definition) is 4. The lowest BCUT2D eigenvalue weighted by molar-refractivity contribution is -0.384. The van der Waals surface area contributed by atoms with Gasteiger partial charge in [-0.1, -0.05) is 19.9 Å². The normalized spacial score (nSPS) is 13.3. The van der Waals surface area contributed by atoms with Crippen molar-refractivity contribution in [3.8, 4) is 0 Å². The maximum absolute atomic E-state index is 13.2. The second-order valence-electron chi connectivity index (χ2n) is 8.25. The first kappa shape index (κ1) is 21.5. The Kier molecular flexibility index (Phi) is 6.54. The van der Waals surface area contributed by atoms with Gasteiger partial charge in [-0.25, -0.2) is 0 Å². The van der Waals surface area contributed by atoms with Gasteiger partial charge in [-0.3, -0.25) is 19.7 Å². The maximum Gasteiger partial charge on any atom is 0.270 e. The zero-order chi connectivity index (χ0) is 21.8. The Balaban J connectivity index is 1.77. The number of non-ortho nitro benzene ring substituents is 1. The average Bonchev–Trinajstić information content (AvgIpc) is 3.47. The molecule has 8 heteroatoms. The fraction of sp³-hybridized carbons (Fsp3) is 0.455. The minimum absolute atomic E-state index is 0.0108. The molecule has 8 nitrogen and oxygen atoms in total. The van der Waals surface area contributed by atoms with Crippen LogP contribution in [0.5, 0.6) is 0 Å². The molecule has 30 heavy (non-hydrogen) atoms. The van der Waals surface area contributed by atoms with Crippen molar-refractivity contribution in [3.05, 3.63) is 64.0 Å². The number of benzene rings is 1. The molecule has 0 saturated heterocycles. The summed E-state index contributed by atoms with van der Waals surface area (Å²) in [6, 6.07) is 9.62. The van der Waals surface area contributed by atoms with Gasteiger partial charge in [-0.15, -0.1) is 0 Å². The maximum atomic E-state index is 13.2. The van der Waals surface area contributed by atoms with E-state index in [-0.39, 0.29) is 41.6 Å². The third-order valence-electron chi connectivity index (χ3n) is 5.20. The molecular weight excluding hydrogens is 384 g/mol. The summed E-state index contributed by atoms with van der Waals surface area (Å²) in [4.78, 5) is 40.2. The first-order valence-electron chi connectivity index (χ1n) is 10.2. The zero-order valence-electron chi connectivity index (χ0n) is 17.7. The van der Waals surface area contributed by atoms with Crippen LogP contribution in [0.15, 0.2) is 42.6 Å². The predicted molar refractivity (Wildman–Crippen MR) is 113 cm³/mol. The van der Waals surface area contributed by atoms with Crippen molar-refractivity contribution < 1.29 is 14.5 Å². The van der Waals surface area contributed by atoms with Crippen molar-refractivity contribution in [1.29, 1.82) is 0 Å². The Morgan fingerprint density at radius 2 is 1.97 bits per heavy atom. The highest BCUT2D eigenvalue weighted by atomic mass is 16.6. The van der Waals surface area contributed by atoms with Crippen molar-refractivity contribution >= 4 is 17.5 Å². The highest BCUT2D eigenvalue weighted by Crippen LogP contribution is 2.29. The van der Waals surface area contributed by atoms with E-state index in [4.69, 9.17) is 0 Å². The first-order chi connectivity index (χ1) is 14.3. The van der Waals surface area contributed by atoms with Crippen LogP contribution in [0.25, 0.3) is 0 Å². The Labute approximate surface area is 176 Å². The largest absolute Gasteiger partial charge is 0.353 e. The quantitative estimate of drug-likeness (QED) is 0.467. The molecule has 2 amide bonds. The van der Waals surface area contributed by atoms with Gasteiger partial charge in [0.1, 0.15) is 6.54 Å². The molecule has 160 valence electrons. The summed E-state index contributed by atoms with van der Waals surface area (Å²) in [5.41, 5.74) is 1.13. The van der Waals surface area contributed by atoms with Gasteiger partial charge in [0.05, 0.1) is 11.5 Å². The number of carbonyl (C=O) groups is 2. The Morgan fingerprint density at radius 1 is 1.23 bits per heavy atom. The number of nitrogens with zero attached hydrogens (tertiary/aromatic N) is 4. The van der Waals surface area contributed by atoms with Crippen LogP contribution in [-0.4, -0.2) is 50.2 Å². The molecule has 1 saturated carbocycles. The molecule has 1 fully saturated rings. The summed E-state index contributed by atoms with van der Waals surface area (Å²) in [5, 5.41) is 11.1. The molecule has 1 aromatic carbocycles. The molecule has 0 N–H and O–H groups in total. The molecular formula is C22H28N4O4. The van der Waals surface area contributed by atoms with Gasteiger partial charge in [-0.2, -0.15) is 0 Å². The second kappa shape index (κ2) is 9.11. The smallest absolute Gasteiger partial charge is 0.270 e. The molecule has 1 aromatic heterocycles. The van der Waals surface area contributed by atoms with Crippen LogP contribution < -0.4 is 0 Å². The van der Waals surface area contributed by atoms with E-state index in [2.05, 4.69) is 13.8 Å². The Bertz CT molecular complexity index is 933. The van der Waals surface area contributed by atoms with Crippen molar-refractivity contribution in [2.24, 2.45) is 13.0 Å². The second-order valence-corrected chi connectivity index (χ2v) is 8.25. The molecule has 0 aliphatic heterocycles. The molecule has 0 atom stereocenters. The highest BCUT2D eigenvalue weighted by molar-refractivity contribution is 5.97. The van der Waals surface area contributed by atoms with E-state index in [1.54, 1.807) is 15.9 Å². The Hall–Kier alpha value is -3.16. The molecule has 0 bridgehead atoms. The standard InChI is InChI=1S/C22H28N4O4/c1-16(2)13-24(14-20-8-5-11-23(20)3)21(27)15-25(18-9-10-18)22(28)17-6-4-7-19(12-17)26(29)30/h4-8,11-12,16,18H,9-10,13-15H2,1-3H3.